The van der Waals surface area contributed by atoms with E-state index in [1.807, 2.05) is 44.6 Å². The molecule has 0 aromatic rings. The monoisotopic (exact) mass is 359 g/mol. The van der Waals surface area contributed by atoms with Gasteiger partial charge in [-0.2, -0.15) is 11.8 Å². The lowest BCUT2D eigenvalue weighted by Gasteiger charge is -2.30. The van der Waals surface area contributed by atoms with E-state index in [0.29, 0.717) is 13.2 Å². The van der Waals surface area contributed by atoms with Gasteiger partial charge < -0.3 is 14.0 Å². The summed E-state index contributed by atoms with van der Waals surface area (Å²) in [5.74, 6) is 2.03. The molecular weight excluding hydrogens is 328 g/mol. The van der Waals surface area contributed by atoms with Crippen LogP contribution in [0.5, 0.6) is 0 Å². The molecule has 0 heterocycles. The summed E-state index contributed by atoms with van der Waals surface area (Å²) >= 11 is 1.88. The van der Waals surface area contributed by atoms with Gasteiger partial charge in [0.15, 0.2) is 0 Å². The van der Waals surface area contributed by atoms with Crippen molar-refractivity contribution in [1.82, 2.24) is 4.90 Å². The largest absolute Gasteiger partial charge is 0.392 e. The molecule has 0 rings (SSSR count). The molecule has 122 valence electrons. The molecule has 0 aliphatic heterocycles. The van der Waals surface area contributed by atoms with Gasteiger partial charge in [0, 0.05) is 19.6 Å². The van der Waals surface area contributed by atoms with E-state index in [4.69, 9.17) is 8.85 Å². The average Bonchev–Trinajstić information content (AvgIpc) is 2.34. The molecule has 0 aromatic carbocycles. The summed E-state index contributed by atoms with van der Waals surface area (Å²) < 4.78 is 11.6. The van der Waals surface area contributed by atoms with E-state index in [-0.39, 0.29) is 0 Å². The van der Waals surface area contributed by atoms with Crippen molar-refractivity contribution in [2.45, 2.75) is 38.2 Å². The van der Waals surface area contributed by atoms with Crippen molar-refractivity contribution in [1.29, 1.82) is 0 Å². The third kappa shape index (κ3) is 9.32. The normalized spacial score (nSPS) is 15.6. The minimum absolute atomic E-state index is 0.714. The van der Waals surface area contributed by atoms with Crippen LogP contribution >= 0.6 is 29.8 Å². The lowest BCUT2D eigenvalue weighted by molar-refractivity contribution is 0.00159. The number of thioether (sulfide) groups is 1. The van der Waals surface area contributed by atoms with Crippen molar-refractivity contribution in [2.75, 3.05) is 38.8 Å². The van der Waals surface area contributed by atoms with E-state index in [0.717, 1.165) is 30.4 Å². The van der Waals surface area contributed by atoms with Gasteiger partial charge in [-0.15, -0.1) is 0 Å². The van der Waals surface area contributed by atoms with Gasteiger partial charge in [-0.3, -0.25) is 4.90 Å². The number of aliphatic hydroxyl groups is 1. The zero-order valence-corrected chi connectivity index (χ0v) is 17.3. The maximum absolute atomic E-state index is 10.1. The molecule has 0 saturated carbocycles. The second-order valence-corrected chi connectivity index (χ2v) is 12.4. The van der Waals surface area contributed by atoms with E-state index in [1.54, 1.807) is 0 Å². The average molecular weight is 359 g/mol. The Hall–Kier alpha value is 1.27. The van der Waals surface area contributed by atoms with E-state index in [2.05, 4.69) is 18.0 Å². The summed E-state index contributed by atoms with van der Waals surface area (Å²) in [5.41, 5.74) is -0.789. The number of rotatable bonds is 12. The van der Waals surface area contributed by atoms with Gasteiger partial charge in [0.1, 0.15) is 5.47 Å². The molecule has 1 N–H and O–H groups in total. The second kappa shape index (κ2) is 10.9. The molecule has 20 heavy (non-hydrogen) atoms. The first-order chi connectivity index (χ1) is 9.27. The fraction of sp³-hybridized carbons (Fsp3) is 1.00. The van der Waals surface area contributed by atoms with Crippen LogP contribution in [0.4, 0.5) is 0 Å². The maximum atomic E-state index is 10.1. The standard InChI is InChI=1S/C12H31NO3P2SSi/c1-5-15-20(18,16-6-2)11-7-9-19-10-8-12(14,17)13(3)4/h14H,5-11,17-18H2,1-4H3. The summed E-state index contributed by atoms with van der Waals surface area (Å²) in [7, 11) is 7.08. The highest BCUT2D eigenvalue weighted by Crippen LogP contribution is 2.26. The highest BCUT2D eigenvalue weighted by molar-refractivity contribution is 7.99. The third-order valence-electron chi connectivity index (χ3n) is 2.98. The Bertz CT molecular complexity index is 255. The van der Waals surface area contributed by atoms with Crippen molar-refractivity contribution < 1.29 is 14.0 Å². The molecule has 0 fully saturated rings. The molecule has 3 atom stereocenters. The summed E-state index contributed by atoms with van der Waals surface area (Å²) in [4.78, 5) is 1.82. The lowest BCUT2D eigenvalue weighted by Crippen LogP contribution is -2.38. The smallest absolute Gasteiger partial charge is 0.357 e. The molecule has 0 amide bonds. The molecule has 4 nitrogen and oxygen atoms in total. The number of nitrogens with zero attached hydrogens (tertiary/aromatic N) is 1. The van der Waals surface area contributed by atoms with E-state index >= 15 is 0 Å². The van der Waals surface area contributed by atoms with Crippen LogP contribution in [0.1, 0.15) is 26.7 Å². The van der Waals surface area contributed by atoms with E-state index in [9.17, 15) is 5.11 Å². The molecule has 0 aromatic heterocycles. The molecular formula is C12H31NO3P2SSi. The zero-order valence-electron chi connectivity index (χ0n) is 13.2. The van der Waals surface area contributed by atoms with Gasteiger partial charge in [-0.25, -0.2) is 0 Å². The van der Waals surface area contributed by atoms with Crippen molar-refractivity contribution in [3.05, 3.63) is 0 Å². The highest BCUT2D eigenvalue weighted by atomic mass is 32.2. The molecule has 0 saturated heterocycles. The predicted octanol–water partition coefficient (Wildman–Crippen LogP) is 2.47. The first kappa shape index (κ1) is 21.3. The van der Waals surface area contributed by atoms with Gasteiger partial charge in [0.25, 0.3) is 0 Å². The van der Waals surface area contributed by atoms with Gasteiger partial charge in [-0.05, 0) is 51.9 Å². The Labute approximate surface area is 134 Å². The van der Waals surface area contributed by atoms with Crippen LogP contribution in [0.3, 0.4) is 0 Å². The minimum Gasteiger partial charge on any atom is -0.392 e. The van der Waals surface area contributed by atoms with Crippen LogP contribution in [0.2, 0.25) is 6.04 Å². The summed E-state index contributed by atoms with van der Waals surface area (Å²) in [6.07, 6.45) is 1.84. The SMILES string of the molecule is CCO[Si](P)(CCCSCCC(O)(P)N(C)C)OCC. The molecule has 0 bridgehead atoms. The van der Waals surface area contributed by atoms with E-state index in [1.165, 1.54) is 0 Å². The summed E-state index contributed by atoms with van der Waals surface area (Å²) in [5, 5.41) is 10.1. The topological polar surface area (TPSA) is 41.9 Å². The van der Waals surface area contributed by atoms with Gasteiger partial charge >= 0.3 is 8.23 Å². The lowest BCUT2D eigenvalue weighted by atomic mass is 10.4. The Balaban J connectivity index is 3.80. The zero-order chi connectivity index (χ0) is 15.6. The third-order valence-corrected chi connectivity index (χ3v) is 9.33. The van der Waals surface area contributed by atoms with Crippen LogP contribution in [0, 0.1) is 0 Å². The molecule has 8 heteroatoms. The molecule has 3 unspecified atom stereocenters. The quantitative estimate of drug-likeness (QED) is 0.251. The Morgan fingerprint density at radius 1 is 1.20 bits per heavy atom. The van der Waals surface area contributed by atoms with Gasteiger partial charge in [0.05, 0.1) is 0 Å². The molecule has 0 aliphatic rings. The summed E-state index contributed by atoms with van der Waals surface area (Å²) in [6.45, 7) is 5.46. The molecule has 0 spiro atoms. The van der Waals surface area contributed by atoms with Crippen LogP contribution in [-0.4, -0.2) is 62.5 Å². The fourth-order valence-corrected chi connectivity index (χ4v) is 6.88. The first-order valence-electron chi connectivity index (χ1n) is 7.10. The van der Waals surface area contributed by atoms with Crippen LogP contribution < -0.4 is 0 Å². The van der Waals surface area contributed by atoms with E-state index < -0.39 is 13.7 Å². The van der Waals surface area contributed by atoms with Gasteiger partial charge in [0.2, 0.25) is 0 Å². The number of hydrogen-bond donors (Lipinski definition) is 1. The van der Waals surface area contributed by atoms with Crippen molar-refractivity contribution in [2.24, 2.45) is 0 Å². The summed E-state index contributed by atoms with van der Waals surface area (Å²) in [6, 6.07) is 1.01. The van der Waals surface area contributed by atoms with Crippen LogP contribution in [0.15, 0.2) is 0 Å². The Morgan fingerprint density at radius 3 is 2.20 bits per heavy atom. The van der Waals surface area contributed by atoms with Crippen molar-refractivity contribution in [3.8, 4) is 0 Å². The second-order valence-electron chi connectivity index (χ2n) is 4.92. The Morgan fingerprint density at radius 2 is 1.75 bits per heavy atom. The van der Waals surface area contributed by atoms with Crippen LogP contribution in [-0.2, 0) is 8.85 Å². The van der Waals surface area contributed by atoms with Crippen LogP contribution in [0.25, 0.3) is 0 Å². The number of hydrogen-bond acceptors (Lipinski definition) is 5. The van der Waals surface area contributed by atoms with Crippen molar-refractivity contribution in [3.63, 3.8) is 0 Å². The fourth-order valence-electron chi connectivity index (χ4n) is 1.64. The minimum atomic E-state index is -2.02. The highest BCUT2D eigenvalue weighted by Gasteiger charge is 2.30. The van der Waals surface area contributed by atoms with Gasteiger partial charge in [-0.1, -0.05) is 18.0 Å². The Kier molecular flexibility index (Phi) is 11.6. The first-order valence-corrected chi connectivity index (χ1v) is 12.7. The van der Waals surface area contributed by atoms with Crippen molar-refractivity contribution >= 4 is 38.0 Å². The molecule has 0 aliphatic carbocycles. The predicted molar refractivity (Wildman–Crippen MR) is 98.4 cm³/mol. The maximum Gasteiger partial charge on any atom is 0.357 e. The molecule has 0 radical (unpaired) electrons.